The maximum atomic E-state index is 13.3. The third-order valence-corrected chi connectivity index (χ3v) is 2.75. The molecule has 104 valence electrons. The van der Waals surface area contributed by atoms with E-state index in [4.69, 9.17) is 0 Å². The Kier molecular flexibility index (Phi) is 7.42. The van der Waals surface area contributed by atoms with Crippen molar-refractivity contribution in [1.29, 1.82) is 0 Å². The van der Waals surface area contributed by atoms with Gasteiger partial charge in [-0.15, -0.1) is 12.4 Å². The number of halogens is 2. The summed E-state index contributed by atoms with van der Waals surface area (Å²) < 4.78 is 13.3. The molecule has 0 aliphatic rings. The largest absolute Gasteiger partial charge is 0.306 e. The molecular formula is C17H17ClFN. The van der Waals surface area contributed by atoms with Crippen LogP contribution in [0.5, 0.6) is 0 Å². The third-order valence-electron chi connectivity index (χ3n) is 2.75. The first-order valence-electron chi connectivity index (χ1n) is 6.34. The molecule has 0 aromatic heterocycles. The molecule has 2 rings (SSSR count). The second-order valence-electron chi connectivity index (χ2n) is 4.19. The molecule has 3 heteroatoms. The molecule has 0 atom stereocenters. The van der Waals surface area contributed by atoms with Crippen LogP contribution in [0.3, 0.4) is 0 Å². The molecule has 1 N–H and O–H groups in total. The van der Waals surface area contributed by atoms with Crippen molar-refractivity contribution in [3.05, 3.63) is 71.5 Å². The van der Waals surface area contributed by atoms with Crippen molar-refractivity contribution in [2.75, 3.05) is 13.1 Å². The van der Waals surface area contributed by atoms with Gasteiger partial charge in [-0.1, -0.05) is 48.2 Å². The second-order valence-corrected chi connectivity index (χ2v) is 4.19. The molecule has 2 aromatic rings. The van der Waals surface area contributed by atoms with Crippen molar-refractivity contribution < 1.29 is 4.39 Å². The lowest BCUT2D eigenvalue weighted by atomic mass is 10.1. The molecule has 0 saturated carbocycles. The monoisotopic (exact) mass is 289 g/mol. The van der Waals surface area contributed by atoms with E-state index in [2.05, 4.69) is 17.2 Å². The van der Waals surface area contributed by atoms with E-state index >= 15 is 0 Å². The average Bonchev–Trinajstić information content (AvgIpc) is 2.45. The first-order chi connectivity index (χ1) is 9.36. The van der Waals surface area contributed by atoms with Crippen LogP contribution in [0.4, 0.5) is 4.39 Å². The summed E-state index contributed by atoms with van der Waals surface area (Å²) in [5, 5.41) is 3.19. The van der Waals surface area contributed by atoms with E-state index in [9.17, 15) is 4.39 Å². The minimum atomic E-state index is -0.139. The predicted octanol–water partition coefficient (Wildman–Crippen LogP) is 3.43. The summed E-state index contributed by atoms with van der Waals surface area (Å²) in [5.74, 6) is 5.98. The molecule has 0 unspecified atom stereocenters. The summed E-state index contributed by atoms with van der Waals surface area (Å²) in [4.78, 5) is 0. The van der Waals surface area contributed by atoms with Gasteiger partial charge in [0.1, 0.15) is 5.82 Å². The molecule has 0 spiro atoms. The molecule has 0 aliphatic heterocycles. The highest BCUT2D eigenvalue weighted by Gasteiger charge is 1.98. The van der Waals surface area contributed by atoms with Crippen molar-refractivity contribution in [2.45, 2.75) is 6.42 Å². The molecular weight excluding hydrogens is 273 g/mol. The standard InChI is InChI=1S/C17H16FN.ClH/c18-17-11-5-4-10-16(17)12-14-19-13-6-9-15-7-2-1-3-8-15;/h1-5,7-8,10-11,19H,12-14H2;1H. The van der Waals surface area contributed by atoms with Gasteiger partial charge in [-0.25, -0.2) is 4.39 Å². The fraction of sp³-hybridized carbons (Fsp3) is 0.176. The number of nitrogens with one attached hydrogen (secondary N) is 1. The van der Waals surface area contributed by atoms with Crippen molar-refractivity contribution in [3.63, 3.8) is 0 Å². The van der Waals surface area contributed by atoms with Crippen LogP contribution in [0.25, 0.3) is 0 Å². The van der Waals surface area contributed by atoms with Crippen LogP contribution >= 0.6 is 12.4 Å². The molecule has 2 aromatic carbocycles. The van der Waals surface area contributed by atoms with Gasteiger partial charge in [0.05, 0.1) is 6.54 Å². The van der Waals surface area contributed by atoms with E-state index in [1.807, 2.05) is 42.5 Å². The van der Waals surface area contributed by atoms with E-state index in [0.29, 0.717) is 13.0 Å². The lowest BCUT2D eigenvalue weighted by Crippen LogP contribution is -2.17. The summed E-state index contributed by atoms with van der Waals surface area (Å²) >= 11 is 0. The van der Waals surface area contributed by atoms with E-state index < -0.39 is 0 Å². The first kappa shape index (κ1) is 16.2. The highest BCUT2D eigenvalue weighted by molar-refractivity contribution is 5.85. The molecule has 20 heavy (non-hydrogen) atoms. The smallest absolute Gasteiger partial charge is 0.126 e. The molecule has 0 bridgehead atoms. The van der Waals surface area contributed by atoms with Crippen LogP contribution in [0.2, 0.25) is 0 Å². The Hall–Kier alpha value is -1.82. The predicted molar refractivity (Wildman–Crippen MR) is 83.5 cm³/mol. The van der Waals surface area contributed by atoms with Crippen LogP contribution in [-0.4, -0.2) is 13.1 Å². The van der Waals surface area contributed by atoms with Gasteiger partial charge in [0.15, 0.2) is 0 Å². The summed E-state index contributed by atoms with van der Waals surface area (Å²) in [6.07, 6.45) is 0.680. The zero-order valence-corrected chi connectivity index (χ0v) is 11.9. The Labute approximate surface area is 125 Å². The first-order valence-corrected chi connectivity index (χ1v) is 6.34. The zero-order valence-electron chi connectivity index (χ0n) is 11.1. The van der Waals surface area contributed by atoms with Crippen molar-refractivity contribution in [3.8, 4) is 11.8 Å². The zero-order chi connectivity index (χ0) is 13.3. The van der Waals surface area contributed by atoms with Gasteiger partial charge >= 0.3 is 0 Å². The average molecular weight is 290 g/mol. The molecule has 0 aliphatic carbocycles. The molecule has 1 nitrogen and oxygen atoms in total. The summed E-state index contributed by atoms with van der Waals surface area (Å²) in [7, 11) is 0. The van der Waals surface area contributed by atoms with Crippen LogP contribution in [0, 0.1) is 17.7 Å². The van der Waals surface area contributed by atoms with Gasteiger partial charge < -0.3 is 5.32 Å². The Morgan fingerprint density at radius 3 is 2.40 bits per heavy atom. The van der Waals surface area contributed by atoms with E-state index in [0.717, 1.165) is 17.7 Å². The highest BCUT2D eigenvalue weighted by atomic mass is 35.5. The topological polar surface area (TPSA) is 12.0 Å². The van der Waals surface area contributed by atoms with Crippen LogP contribution in [0.1, 0.15) is 11.1 Å². The Balaban J connectivity index is 0.00000200. The van der Waals surface area contributed by atoms with Gasteiger partial charge in [0.2, 0.25) is 0 Å². The fourth-order valence-electron chi connectivity index (χ4n) is 1.74. The summed E-state index contributed by atoms with van der Waals surface area (Å²) in [6.45, 7) is 1.34. The normalized spacial score (nSPS) is 9.25. The van der Waals surface area contributed by atoms with Crippen molar-refractivity contribution in [2.24, 2.45) is 0 Å². The number of hydrogen-bond donors (Lipinski definition) is 1. The Bertz CT molecular complexity index is 572. The minimum absolute atomic E-state index is 0. The van der Waals surface area contributed by atoms with Crippen LogP contribution in [-0.2, 0) is 6.42 Å². The summed E-state index contributed by atoms with van der Waals surface area (Å²) in [6, 6.07) is 16.7. The van der Waals surface area contributed by atoms with Crippen molar-refractivity contribution >= 4 is 12.4 Å². The maximum absolute atomic E-state index is 13.3. The van der Waals surface area contributed by atoms with E-state index in [1.165, 1.54) is 6.07 Å². The lowest BCUT2D eigenvalue weighted by molar-refractivity contribution is 0.603. The molecule has 0 heterocycles. The highest BCUT2D eigenvalue weighted by Crippen LogP contribution is 2.05. The minimum Gasteiger partial charge on any atom is -0.306 e. The van der Waals surface area contributed by atoms with Gasteiger partial charge in [-0.3, -0.25) is 0 Å². The van der Waals surface area contributed by atoms with Crippen LogP contribution in [0.15, 0.2) is 54.6 Å². The molecule has 0 amide bonds. The number of hydrogen-bond acceptors (Lipinski definition) is 1. The van der Waals surface area contributed by atoms with Gasteiger partial charge in [-0.2, -0.15) is 0 Å². The van der Waals surface area contributed by atoms with Gasteiger partial charge in [-0.05, 0) is 30.2 Å². The lowest BCUT2D eigenvalue weighted by Gasteiger charge is -2.02. The Morgan fingerprint density at radius 1 is 0.950 bits per heavy atom. The maximum Gasteiger partial charge on any atom is 0.126 e. The molecule has 0 radical (unpaired) electrons. The quantitative estimate of drug-likeness (QED) is 0.672. The SMILES string of the molecule is Cl.Fc1ccccc1CCNCC#Cc1ccccc1. The van der Waals surface area contributed by atoms with E-state index in [1.54, 1.807) is 6.07 Å². The van der Waals surface area contributed by atoms with Crippen molar-refractivity contribution in [1.82, 2.24) is 5.32 Å². The Morgan fingerprint density at radius 2 is 1.65 bits per heavy atom. The van der Waals surface area contributed by atoms with Gasteiger partial charge in [0.25, 0.3) is 0 Å². The molecule has 0 saturated heterocycles. The van der Waals surface area contributed by atoms with E-state index in [-0.39, 0.29) is 18.2 Å². The van der Waals surface area contributed by atoms with Crippen LogP contribution < -0.4 is 5.32 Å². The molecule has 0 fully saturated rings. The third kappa shape index (κ3) is 5.44. The number of benzene rings is 2. The van der Waals surface area contributed by atoms with Gasteiger partial charge in [0, 0.05) is 12.1 Å². The number of rotatable bonds is 4. The second kappa shape index (κ2) is 9.14. The summed E-state index contributed by atoms with van der Waals surface area (Å²) in [5.41, 5.74) is 1.75. The fourth-order valence-corrected chi connectivity index (χ4v) is 1.74.